The van der Waals surface area contributed by atoms with Gasteiger partial charge in [-0.15, -0.1) is 0 Å². The van der Waals surface area contributed by atoms with Gasteiger partial charge >= 0.3 is 5.97 Å². The Hall–Kier alpha value is -1.33. The van der Waals surface area contributed by atoms with Crippen LogP contribution in [0.3, 0.4) is 0 Å². The molecule has 0 aromatic heterocycles. The van der Waals surface area contributed by atoms with E-state index in [4.69, 9.17) is 5.11 Å². The van der Waals surface area contributed by atoms with Crippen molar-refractivity contribution in [3.63, 3.8) is 0 Å². The number of rotatable bonds is 5. The van der Waals surface area contributed by atoms with Crippen molar-refractivity contribution in [1.82, 2.24) is 4.90 Å². The summed E-state index contributed by atoms with van der Waals surface area (Å²) in [4.78, 5) is 12.9. The highest BCUT2D eigenvalue weighted by atomic mass is 32.2. The van der Waals surface area contributed by atoms with Crippen LogP contribution in [0.4, 0.5) is 4.39 Å². The zero-order chi connectivity index (χ0) is 14.5. The summed E-state index contributed by atoms with van der Waals surface area (Å²) in [6.07, 6.45) is 3.67. The topological polar surface area (TPSA) is 40.5 Å². The minimum absolute atomic E-state index is 0.349. The van der Waals surface area contributed by atoms with Crippen LogP contribution in [0.1, 0.15) is 17.5 Å². The van der Waals surface area contributed by atoms with Gasteiger partial charge in [0.15, 0.2) is 0 Å². The highest BCUT2D eigenvalue weighted by Gasteiger charge is 2.20. The van der Waals surface area contributed by atoms with E-state index >= 15 is 0 Å². The van der Waals surface area contributed by atoms with Crippen LogP contribution in [-0.2, 0) is 11.3 Å². The molecule has 1 aromatic carbocycles. The molecule has 0 saturated carbocycles. The highest BCUT2D eigenvalue weighted by Crippen LogP contribution is 2.24. The molecule has 0 bridgehead atoms. The third-order valence-electron chi connectivity index (χ3n) is 3.46. The average molecular weight is 295 g/mol. The average Bonchev–Trinajstić information content (AvgIpc) is 2.93. The second-order valence-corrected chi connectivity index (χ2v) is 6.10. The zero-order valence-electron chi connectivity index (χ0n) is 11.4. The molecule has 3 nitrogen and oxygen atoms in total. The molecule has 108 valence electrons. The van der Waals surface area contributed by atoms with E-state index in [0.29, 0.717) is 18.2 Å². The van der Waals surface area contributed by atoms with Gasteiger partial charge in [0, 0.05) is 24.4 Å². The van der Waals surface area contributed by atoms with Crippen LogP contribution in [0, 0.1) is 5.82 Å². The van der Waals surface area contributed by atoms with Crippen LogP contribution in [0.25, 0.3) is 6.08 Å². The summed E-state index contributed by atoms with van der Waals surface area (Å²) in [7, 11) is 2.06. The van der Waals surface area contributed by atoms with Gasteiger partial charge in [-0.3, -0.25) is 4.90 Å². The number of nitrogens with zero attached hydrogens (tertiary/aromatic N) is 1. The minimum Gasteiger partial charge on any atom is -0.478 e. The molecule has 0 spiro atoms. The Balaban J connectivity index is 2.15. The largest absolute Gasteiger partial charge is 0.478 e. The van der Waals surface area contributed by atoms with Crippen molar-refractivity contribution in [3.05, 3.63) is 41.2 Å². The number of carboxylic acid groups (broad SMARTS) is 1. The standard InChI is InChI=1S/C15H18FNO2S/c1-17(14-6-7-20-10-14)9-12-2-4-13(16)8-11(12)3-5-15(18)19/h2-5,8,14H,6-7,9-10H2,1H3,(H,18,19). The van der Waals surface area contributed by atoms with Crippen molar-refractivity contribution in [2.45, 2.75) is 19.0 Å². The molecular formula is C15H18FNO2S. The summed E-state index contributed by atoms with van der Waals surface area (Å²) in [5, 5.41) is 8.70. The van der Waals surface area contributed by atoms with E-state index in [1.807, 2.05) is 11.8 Å². The van der Waals surface area contributed by atoms with Gasteiger partial charge in [-0.2, -0.15) is 11.8 Å². The van der Waals surface area contributed by atoms with Crippen molar-refractivity contribution in [2.24, 2.45) is 0 Å². The molecule has 2 rings (SSSR count). The van der Waals surface area contributed by atoms with Crippen molar-refractivity contribution < 1.29 is 14.3 Å². The number of benzene rings is 1. The Kier molecular flexibility index (Phi) is 5.20. The molecule has 1 atom stereocenters. The second-order valence-electron chi connectivity index (χ2n) is 4.95. The van der Waals surface area contributed by atoms with E-state index in [1.165, 1.54) is 30.4 Å². The number of hydrogen-bond acceptors (Lipinski definition) is 3. The molecule has 0 radical (unpaired) electrons. The monoisotopic (exact) mass is 295 g/mol. The molecule has 1 heterocycles. The molecule has 0 amide bonds. The van der Waals surface area contributed by atoms with E-state index in [-0.39, 0.29) is 5.82 Å². The van der Waals surface area contributed by atoms with Gasteiger partial charge in [0.25, 0.3) is 0 Å². The number of thioether (sulfide) groups is 1. The lowest BCUT2D eigenvalue weighted by atomic mass is 10.1. The summed E-state index contributed by atoms with van der Waals surface area (Å²) in [5.41, 5.74) is 1.58. The first kappa shape index (κ1) is 15.1. The molecule has 5 heteroatoms. The third-order valence-corrected chi connectivity index (χ3v) is 4.61. The summed E-state index contributed by atoms with van der Waals surface area (Å²) in [6, 6.07) is 5.08. The zero-order valence-corrected chi connectivity index (χ0v) is 12.2. The quantitative estimate of drug-likeness (QED) is 0.848. The van der Waals surface area contributed by atoms with Gasteiger partial charge in [0.05, 0.1) is 0 Å². The summed E-state index contributed by atoms with van der Waals surface area (Å²) in [6.45, 7) is 0.699. The fourth-order valence-electron chi connectivity index (χ4n) is 2.29. The van der Waals surface area contributed by atoms with Crippen molar-refractivity contribution in [3.8, 4) is 0 Å². The fraction of sp³-hybridized carbons (Fsp3) is 0.400. The molecule has 1 N–H and O–H groups in total. The third kappa shape index (κ3) is 4.08. The van der Waals surface area contributed by atoms with E-state index in [1.54, 1.807) is 6.07 Å². The lowest BCUT2D eigenvalue weighted by Gasteiger charge is -2.24. The van der Waals surface area contributed by atoms with Gasteiger partial charge in [0.2, 0.25) is 0 Å². The van der Waals surface area contributed by atoms with Gasteiger partial charge < -0.3 is 5.11 Å². The van der Waals surface area contributed by atoms with Crippen LogP contribution < -0.4 is 0 Å². The first-order valence-corrected chi connectivity index (χ1v) is 7.69. The minimum atomic E-state index is -1.03. The molecule has 1 aromatic rings. The van der Waals surface area contributed by atoms with E-state index < -0.39 is 5.97 Å². The van der Waals surface area contributed by atoms with Crippen LogP contribution in [0.2, 0.25) is 0 Å². The van der Waals surface area contributed by atoms with Crippen molar-refractivity contribution in [2.75, 3.05) is 18.6 Å². The molecule has 0 aliphatic carbocycles. The summed E-state index contributed by atoms with van der Waals surface area (Å²) in [5.74, 6) is 0.931. The maximum atomic E-state index is 13.3. The SMILES string of the molecule is CN(Cc1ccc(F)cc1C=CC(=O)O)C1CCSC1. The van der Waals surface area contributed by atoms with Gasteiger partial charge in [-0.25, -0.2) is 9.18 Å². The number of halogens is 1. The number of carbonyl (C=O) groups is 1. The normalized spacial score (nSPS) is 19.1. The molecular weight excluding hydrogens is 277 g/mol. The van der Waals surface area contributed by atoms with Crippen molar-refractivity contribution in [1.29, 1.82) is 0 Å². The summed E-state index contributed by atoms with van der Waals surface area (Å²) >= 11 is 1.95. The summed E-state index contributed by atoms with van der Waals surface area (Å²) < 4.78 is 13.3. The lowest BCUT2D eigenvalue weighted by Crippen LogP contribution is -2.31. The molecule has 20 heavy (non-hydrogen) atoms. The smallest absolute Gasteiger partial charge is 0.328 e. The number of aliphatic carboxylic acids is 1. The predicted octanol–water partition coefficient (Wildman–Crippen LogP) is 2.86. The Morgan fingerprint density at radius 2 is 2.40 bits per heavy atom. The Bertz CT molecular complexity index is 513. The lowest BCUT2D eigenvalue weighted by molar-refractivity contribution is -0.131. The maximum absolute atomic E-state index is 13.3. The molecule has 1 aliphatic heterocycles. The fourth-order valence-corrected chi connectivity index (χ4v) is 3.59. The Morgan fingerprint density at radius 1 is 1.60 bits per heavy atom. The Labute approximate surface area is 122 Å². The first-order valence-electron chi connectivity index (χ1n) is 6.53. The van der Waals surface area contributed by atoms with Crippen LogP contribution >= 0.6 is 11.8 Å². The number of carboxylic acids is 1. The van der Waals surface area contributed by atoms with Crippen molar-refractivity contribution >= 4 is 23.8 Å². The van der Waals surface area contributed by atoms with Crippen LogP contribution in [-0.4, -0.2) is 40.6 Å². The second kappa shape index (κ2) is 6.90. The highest BCUT2D eigenvalue weighted by molar-refractivity contribution is 7.99. The van der Waals surface area contributed by atoms with Gasteiger partial charge in [-0.1, -0.05) is 6.07 Å². The maximum Gasteiger partial charge on any atom is 0.328 e. The molecule has 1 fully saturated rings. The predicted molar refractivity (Wildman–Crippen MR) is 80.3 cm³/mol. The van der Waals surface area contributed by atoms with E-state index in [2.05, 4.69) is 11.9 Å². The van der Waals surface area contributed by atoms with Gasteiger partial charge in [0.1, 0.15) is 5.82 Å². The molecule has 1 saturated heterocycles. The van der Waals surface area contributed by atoms with E-state index in [0.717, 1.165) is 17.4 Å². The number of hydrogen-bond donors (Lipinski definition) is 1. The van der Waals surface area contributed by atoms with Gasteiger partial charge in [-0.05, 0) is 48.6 Å². The molecule has 1 unspecified atom stereocenters. The van der Waals surface area contributed by atoms with Crippen LogP contribution in [0.5, 0.6) is 0 Å². The molecule has 1 aliphatic rings. The first-order chi connectivity index (χ1) is 9.56. The van der Waals surface area contributed by atoms with Crippen LogP contribution in [0.15, 0.2) is 24.3 Å². The van der Waals surface area contributed by atoms with E-state index in [9.17, 15) is 9.18 Å². The Morgan fingerprint density at radius 3 is 3.05 bits per heavy atom.